The van der Waals surface area contributed by atoms with Gasteiger partial charge in [0.25, 0.3) is 0 Å². The van der Waals surface area contributed by atoms with Gasteiger partial charge < -0.3 is 39.6 Å². The van der Waals surface area contributed by atoms with Crippen molar-refractivity contribution in [3.8, 4) is 17.9 Å². The number of nitrogens with two attached hydrogens (primary N) is 1. The highest BCUT2D eigenvalue weighted by Crippen LogP contribution is 2.40. The number of pyridine rings is 1. The topological polar surface area (TPSA) is 216 Å². The maximum Gasteiger partial charge on any atom is 0.639 e. The van der Waals surface area contributed by atoms with Crippen molar-refractivity contribution >= 4 is 19.5 Å². The van der Waals surface area contributed by atoms with Crippen LogP contribution in [-0.4, -0.2) is 65.2 Å². The lowest BCUT2D eigenvalue weighted by Crippen LogP contribution is -2.39. The standard InChI is InChI=1S/C32H56BN5O5.C6H4N2O/c1-2-3-4-5-6-7-8-9-10-11-12-13-14-15-16-17-23-40-24-18-25-41-33(39)43-32(26-34)22-21-30(42-32)28-19-20-29(38-28)31(36)37-27-35;7-3-5-1-2-6(9)4-8-5/h19-20,27,30,38-39H,2-18,21-25H2,1H3,(H3,35,36,37);1-2,4,9H. The van der Waals surface area contributed by atoms with Gasteiger partial charge in [-0.05, 0) is 43.5 Å². The number of aromatic nitrogens is 2. The van der Waals surface area contributed by atoms with Crippen LogP contribution in [0.3, 0.4) is 0 Å². The average Bonchev–Trinajstić information content (AvgIpc) is 3.82. The van der Waals surface area contributed by atoms with Gasteiger partial charge in [-0.15, -0.1) is 0 Å². The number of nitriles is 2. The number of unbranched alkanes of at least 4 members (excludes halogenated alkanes) is 15. The second-order valence-corrected chi connectivity index (χ2v) is 13.1. The molecule has 52 heavy (non-hydrogen) atoms. The van der Waals surface area contributed by atoms with Gasteiger partial charge in [-0.3, -0.25) is 5.41 Å². The maximum atomic E-state index is 10.2. The van der Waals surface area contributed by atoms with Crippen molar-refractivity contribution < 1.29 is 28.9 Å². The summed E-state index contributed by atoms with van der Waals surface area (Å²) in [6, 6.07) is 10.2. The van der Waals surface area contributed by atoms with Crippen LogP contribution in [0.4, 0.5) is 0 Å². The quantitative estimate of drug-likeness (QED) is 0.0262. The molecule has 0 spiro atoms. The number of rotatable bonds is 27. The summed E-state index contributed by atoms with van der Waals surface area (Å²) in [6.07, 6.45) is 24.7. The Balaban J connectivity index is 0.000000901. The summed E-state index contributed by atoms with van der Waals surface area (Å²) in [6.45, 7) is 3.81. The summed E-state index contributed by atoms with van der Waals surface area (Å²) in [7, 11) is -1.58. The van der Waals surface area contributed by atoms with E-state index in [9.17, 15) is 10.3 Å². The normalized spacial score (nSPS) is 16.8. The van der Waals surface area contributed by atoms with Gasteiger partial charge in [0.1, 0.15) is 41.9 Å². The number of amidine groups is 1. The molecule has 6 N–H and O–H groups in total. The van der Waals surface area contributed by atoms with E-state index in [1.54, 1.807) is 12.1 Å². The molecule has 1 aliphatic rings. The Morgan fingerprint density at radius 1 is 0.981 bits per heavy atom. The Labute approximate surface area is 310 Å². The summed E-state index contributed by atoms with van der Waals surface area (Å²) in [5.41, 5.74) is 7.37. The SMILES string of the molecule is CCCCCCCCCCCCCCCCCCOCCCOB(O)OC1(C#N)CCC(c2ccc(C(N)=NC=N)[nH]2)O1.N#Cc1ccc(O)cn1. The van der Waals surface area contributed by atoms with E-state index in [1.165, 1.54) is 115 Å². The van der Waals surface area contributed by atoms with Crippen molar-refractivity contribution in [1.82, 2.24) is 9.97 Å². The zero-order valence-corrected chi connectivity index (χ0v) is 31.1. The molecule has 1 fully saturated rings. The molecule has 286 valence electrons. The monoisotopic (exact) mass is 721 g/mol. The van der Waals surface area contributed by atoms with E-state index >= 15 is 0 Å². The van der Waals surface area contributed by atoms with Crippen LogP contribution in [0, 0.1) is 28.1 Å². The molecule has 2 unspecified atom stereocenters. The zero-order chi connectivity index (χ0) is 37.7. The molecule has 0 radical (unpaired) electrons. The van der Waals surface area contributed by atoms with E-state index in [2.05, 4.69) is 21.9 Å². The average molecular weight is 722 g/mol. The van der Waals surface area contributed by atoms with Crippen molar-refractivity contribution in [2.24, 2.45) is 10.7 Å². The Morgan fingerprint density at radius 2 is 1.60 bits per heavy atom. The lowest BCUT2D eigenvalue weighted by Gasteiger charge is -2.23. The second-order valence-electron chi connectivity index (χ2n) is 13.1. The van der Waals surface area contributed by atoms with Crippen LogP contribution in [0.1, 0.15) is 152 Å². The molecule has 0 bridgehead atoms. The summed E-state index contributed by atoms with van der Waals surface area (Å²) < 4.78 is 22.3. The first-order valence-corrected chi connectivity index (χ1v) is 19.1. The number of nitrogens with one attached hydrogen (secondary N) is 2. The van der Waals surface area contributed by atoms with Gasteiger partial charge in [0.05, 0.1) is 11.9 Å². The van der Waals surface area contributed by atoms with Crippen molar-refractivity contribution in [2.75, 3.05) is 19.8 Å². The highest BCUT2D eigenvalue weighted by molar-refractivity contribution is 6.34. The molecule has 14 heteroatoms. The fourth-order valence-electron chi connectivity index (χ4n) is 5.82. The Bertz CT molecular complexity index is 1350. The van der Waals surface area contributed by atoms with E-state index in [4.69, 9.17) is 40.3 Å². The molecule has 3 rings (SSSR count). The predicted octanol–water partition coefficient (Wildman–Crippen LogP) is 7.74. The molecule has 1 saturated heterocycles. The van der Waals surface area contributed by atoms with Crippen LogP contribution in [-0.2, 0) is 18.8 Å². The number of aromatic hydroxyl groups is 1. The molecule has 13 nitrogen and oxygen atoms in total. The lowest BCUT2D eigenvalue weighted by molar-refractivity contribution is -0.154. The fourth-order valence-corrected chi connectivity index (χ4v) is 5.82. The van der Waals surface area contributed by atoms with Crippen LogP contribution in [0.25, 0.3) is 0 Å². The molecule has 1 aliphatic heterocycles. The molecule has 0 aliphatic carbocycles. The first kappa shape index (κ1) is 44.4. The van der Waals surface area contributed by atoms with Gasteiger partial charge in [-0.1, -0.05) is 103 Å². The van der Waals surface area contributed by atoms with Crippen molar-refractivity contribution in [2.45, 2.75) is 141 Å². The number of hydrogen-bond acceptors (Lipinski definition) is 10. The van der Waals surface area contributed by atoms with Crippen molar-refractivity contribution in [3.05, 3.63) is 47.5 Å². The third kappa shape index (κ3) is 19.2. The largest absolute Gasteiger partial charge is 0.639 e. The van der Waals surface area contributed by atoms with Crippen LogP contribution in [0.2, 0.25) is 0 Å². The second kappa shape index (κ2) is 27.8. The maximum absolute atomic E-state index is 10.2. The van der Waals surface area contributed by atoms with Gasteiger partial charge in [-0.2, -0.15) is 10.5 Å². The third-order valence-corrected chi connectivity index (χ3v) is 8.76. The Morgan fingerprint density at radius 3 is 2.15 bits per heavy atom. The number of nitrogens with zero attached hydrogens (tertiary/aromatic N) is 4. The minimum atomic E-state index is -1.60. The lowest BCUT2D eigenvalue weighted by atomic mass is 10.0. The van der Waals surface area contributed by atoms with Gasteiger partial charge >= 0.3 is 7.32 Å². The van der Waals surface area contributed by atoms with Gasteiger partial charge in [0, 0.05) is 31.9 Å². The molecule has 2 aromatic rings. The minimum absolute atomic E-state index is 0.0778. The summed E-state index contributed by atoms with van der Waals surface area (Å²) in [5, 5.41) is 43.8. The summed E-state index contributed by atoms with van der Waals surface area (Å²) in [4.78, 5) is 10.4. The van der Waals surface area contributed by atoms with Crippen LogP contribution in [0.5, 0.6) is 5.75 Å². The van der Waals surface area contributed by atoms with E-state index in [0.717, 1.165) is 19.4 Å². The van der Waals surface area contributed by atoms with E-state index < -0.39 is 19.2 Å². The Hall–Kier alpha value is -3.79. The van der Waals surface area contributed by atoms with E-state index in [0.29, 0.717) is 36.5 Å². The number of hydrogen-bond donors (Lipinski definition) is 5. The van der Waals surface area contributed by atoms with Crippen LogP contribution in [0.15, 0.2) is 35.5 Å². The zero-order valence-electron chi connectivity index (χ0n) is 31.1. The smallest absolute Gasteiger partial charge is 0.506 e. The fraction of sp³-hybridized carbons (Fsp3) is 0.658. The molecule has 0 saturated carbocycles. The minimum Gasteiger partial charge on any atom is -0.506 e. The molecular formula is C38H60BN7O6. The van der Waals surface area contributed by atoms with Gasteiger partial charge in [0.15, 0.2) is 0 Å². The molecule has 2 atom stereocenters. The number of ether oxygens (including phenoxy) is 2. The third-order valence-electron chi connectivity index (χ3n) is 8.76. The molecule has 3 heterocycles. The highest BCUT2D eigenvalue weighted by Gasteiger charge is 2.46. The first-order valence-electron chi connectivity index (χ1n) is 19.1. The number of aromatic amines is 1. The molecule has 2 aromatic heterocycles. The molecule has 0 amide bonds. The first-order chi connectivity index (χ1) is 25.4. The van der Waals surface area contributed by atoms with E-state index in [1.807, 2.05) is 12.1 Å². The van der Waals surface area contributed by atoms with E-state index in [-0.39, 0.29) is 24.6 Å². The summed E-state index contributed by atoms with van der Waals surface area (Å²) >= 11 is 0. The molecule has 0 aromatic carbocycles. The Kier molecular flexibility index (Phi) is 23.7. The molecular weight excluding hydrogens is 661 g/mol. The van der Waals surface area contributed by atoms with Crippen LogP contribution >= 0.6 is 0 Å². The van der Waals surface area contributed by atoms with Gasteiger partial charge in [-0.25, -0.2) is 9.98 Å². The van der Waals surface area contributed by atoms with Crippen molar-refractivity contribution in [1.29, 1.82) is 15.9 Å². The van der Waals surface area contributed by atoms with Crippen molar-refractivity contribution in [3.63, 3.8) is 0 Å². The predicted molar refractivity (Wildman–Crippen MR) is 202 cm³/mol. The number of H-pyrrole nitrogens is 1. The summed E-state index contributed by atoms with van der Waals surface area (Å²) in [5.74, 6) is -1.35. The van der Waals surface area contributed by atoms with Crippen LogP contribution < -0.4 is 5.73 Å². The highest BCUT2D eigenvalue weighted by atomic mass is 16.8. The van der Waals surface area contributed by atoms with Gasteiger partial charge in [0.2, 0.25) is 5.79 Å². The number of aliphatic imine (C=N–C) groups is 1.